The normalized spacial score (nSPS) is 13.7. The van der Waals surface area contributed by atoms with Crippen molar-refractivity contribution in [2.75, 3.05) is 13.2 Å². The third kappa shape index (κ3) is 1.81. The minimum atomic E-state index is 0.609. The zero-order chi connectivity index (χ0) is 10.7. The minimum absolute atomic E-state index is 0.609. The first-order valence-electron chi connectivity index (χ1n) is 5.11. The molecule has 15 heavy (non-hydrogen) atoms. The number of fused-ring (bicyclic) bond motifs is 1. The Morgan fingerprint density at radius 1 is 1.40 bits per heavy atom. The third-order valence-electron chi connectivity index (χ3n) is 2.42. The molecule has 0 aromatic heterocycles. The van der Waals surface area contributed by atoms with Gasteiger partial charge in [0.1, 0.15) is 0 Å². The zero-order valence-corrected chi connectivity index (χ0v) is 8.86. The van der Waals surface area contributed by atoms with Gasteiger partial charge in [0.25, 0.3) is 0 Å². The third-order valence-corrected chi connectivity index (χ3v) is 2.42. The lowest BCUT2D eigenvalue weighted by Gasteiger charge is -2.04. The fourth-order valence-corrected chi connectivity index (χ4v) is 1.69. The van der Waals surface area contributed by atoms with Gasteiger partial charge in [-0.15, -0.1) is 0 Å². The van der Waals surface area contributed by atoms with Crippen LogP contribution in [0.5, 0.6) is 0 Å². The monoisotopic (exact) mass is 200 g/mol. The smallest absolute Gasteiger partial charge is 0.0744 e. The van der Waals surface area contributed by atoms with Crippen LogP contribution in [0.25, 0.3) is 5.57 Å². The number of benzene rings is 1. The van der Waals surface area contributed by atoms with Crippen LogP contribution in [-0.4, -0.2) is 13.2 Å². The van der Waals surface area contributed by atoms with E-state index in [9.17, 15) is 0 Å². The number of rotatable bonds is 4. The van der Waals surface area contributed by atoms with Gasteiger partial charge in [-0.25, -0.2) is 5.32 Å². The topological polar surface area (TPSA) is 23.3 Å². The number of nitrogens with zero attached hydrogens (tertiary/aromatic N) is 1. The molecule has 77 valence electrons. The Kier molecular flexibility index (Phi) is 2.88. The molecule has 2 rings (SSSR count). The Hall–Kier alpha value is -1.54. The van der Waals surface area contributed by atoms with Crippen molar-refractivity contribution in [3.05, 3.63) is 48.2 Å². The summed E-state index contributed by atoms with van der Waals surface area (Å²) in [5, 5.41) is 4.49. The summed E-state index contributed by atoms with van der Waals surface area (Å²) in [5.74, 6) is 0. The lowest BCUT2D eigenvalue weighted by atomic mass is 10.1. The fraction of sp³-hybridized carbons (Fsp3) is 0.231. The second-order valence-corrected chi connectivity index (χ2v) is 3.33. The largest absolute Gasteiger partial charge is 0.377 e. The van der Waals surface area contributed by atoms with Gasteiger partial charge in [0, 0.05) is 17.7 Å². The Morgan fingerprint density at radius 3 is 2.93 bits per heavy atom. The highest BCUT2D eigenvalue weighted by Gasteiger charge is 2.20. The summed E-state index contributed by atoms with van der Waals surface area (Å²) in [6, 6.07) is 8.10. The van der Waals surface area contributed by atoms with Crippen LogP contribution in [0.15, 0.2) is 42.6 Å². The summed E-state index contributed by atoms with van der Waals surface area (Å²) in [6.45, 7) is 7.10. The maximum absolute atomic E-state index is 5.44. The number of para-hydroxylation sites is 1. The molecule has 0 saturated carbocycles. The highest BCUT2D eigenvalue weighted by molar-refractivity contribution is 5.84. The SMILES string of the molecule is C=CC1=C(COCC)c2ccccc2[N]1. The minimum Gasteiger partial charge on any atom is -0.377 e. The molecule has 1 radical (unpaired) electrons. The van der Waals surface area contributed by atoms with Gasteiger partial charge in [0.2, 0.25) is 0 Å². The maximum Gasteiger partial charge on any atom is 0.0744 e. The fourth-order valence-electron chi connectivity index (χ4n) is 1.69. The highest BCUT2D eigenvalue weighted by Crippen LogP contribution is 2.34. The first-order valence-corrected chi connectivity index (χ1v) is 5.11. The lowest BCUT2D eigenvalue weighted by Crippen LogP contribution is -1.97. The molecule has 0 fully saturated rings. The Labute approximate surface area is 90.3 Å². The van der Waals surface area contributed by atoms with E-state index in [4.69, 9.17) is 4.74 Å². The number of hydrogen-bond acceptors (Lipinski definition) is 1. The van der Waals surface area contributed by atoms with E-state index in [0.29, 0.717) is 6.61 Å². The van der Waals surface area contributed by atoms with E-state index in [1.165, 1.54) is 5.56 Å². The van der Waals surface area contributed by atoms with E-state index in [0.717, 1.165) is 23.6 Å². The second-order valence-electron chi connectivity index (χ2n) is 3.33. The van der Waals surface area contributed by atoms with Crippen LogP contribution >= 0.6 is 0 Å². The summed E-state index contributed by atoms with van der Waals surface area (Å²) >= 11 is 0. The molecule has 2 nitrogen and oxygen atoms in total. The van der Waals surface area contributed by atoms with E-state index in [2.05, 4.69) is 18.0 Å². The molecule has 1 heterocycles. The van der Waals surface area contributed by atoms with Gasteiger partial charge in [0.05, 0.1) is 18.0 Å². The van der Waals surface area contributed by atoms with Crippen LogP contribution < -0.4 is 5.32 Å². The van der Waals surface area contributed by atoms with Crippen molar-refractivity contribution >= 4 is 11.3 Å². The molecule has 1 aromatic rings. The van der Waals surface area contributed by atoms with E-state index in [1.807, 2.05) is 25.1 Å². The molecular formula is C13H14NO. The maximum atomic E-state index is 5.44. The molecule has 0 aliphatic carbocycles. The molecule has 0 N–H and O–H groups in total. The van der Waals surface area contributed by atoms with Crippen LogP contribution in [0.3, 0.4) is 0 Å². The van der Waals surface area contributed by atoms with Gasteiger partial charge in [-0.1, -0.05) is 24.8 Å². The van der Waals surface area contributed by atoms with E-state index in [-0.39, 0.29) is 0 Å². The van der Waals surface area contributed by atoms with Crippen LogP contribution in [-0.2, 0) is 4.74 Å². The summed E-state index contributed by atoms with van der Waals surface area (Å²) in [5.41, 5.74) is 4.26. The molecule has 0 spiro atoms. The average molecular weight is 200 g/mol. The van der Waals surface area contributed by atoms with Gasteiger partial charge < -0.3 is 4.74 Å². The molecule has 1 aliphatic heterocycles. The van der Waals surface area contributed by atoms with E-state index < -0.39 is 0 Å². The highest BCUT2D eigenvalue weighted by atomic mass is 16.5. The van der Waals surface area contributed by atoms with Gasteiger partial charge >= 0.3 is 0 Å². The predicted molar refractivity (Wildman–Crippen MR) is 61.8 cm³/mol. The van der Waals surface area contributed by atoms with Gasteiger partial charge in [-0.2, -0.15) is 0 Å². The van der Waals surface area contributed by atoms with Gasteiger partial charge in [-0.05, 0) is 19.1 Å². The van der Waals surface area contributed by atoms with Gasteiger partial charge in [0.15, 0.2) is 0 Å². The summed E-state index contributed by atoms with van der Waals surface area (Å²) in [4.78, 5) is 0. The molecule has 1 aliphatic rings. The molecule has 0 atom stereocenters. The average Bonchev–Trinajstić information content (AvgIpc) is 2.64. The second kappa shape index (κ2) is 4.32. The van der Waals surface area contributed by atoms with Crippen molar-refractivity contribution in [2.45, 2.75) is 6.92 Å². The summed E-state index contributed by atoms with van der Waals surface area (Å²) < 4.78 is 5.44. The molecule has 0 saturated heterocycles. The quantitative estimate of drug-likeness (QED) is 0.733. The number of ether oxygens (including phenoxy) is 1. The Bertz CT molecular complexity index is 407. The molecule has 0 amide bonds. The number of allylic oxidation sites excluding steroid dienone is 1. The molecule has 2 heteroatoms. The predicted octanol–water partition coefficient (Wildman–Crippen LogP) is 2.87. The van der Waals surface area contributed by atoms with Crippen molar-refractivity contribution in [2.24, 2.45) is 0 Å². The van der Waals surface area contributed by atoms with Gasteiger partial charge in [-0.3, -0.25) is 0 Å². The van der Waals surface area contributed by atoms with Crippen LogP contribution in [0.2, 0.25) is 0 Å². The Balaban J connectivity index is 2.33. The van der Waals surface area contributed by atoms with Crippen molar-refractivity contribution in [1.82, 2.24) is 5.32 Å². The van der Waals surface area contributed by atoms with Crippen molar-refractivity contribution < 1.29 is 4.74 Å². The first-order chi connectivity index (χ1) is 7.36. The van der Waals surface area contributed by atoms with Crippen LogP contribution in [0.4, 0.5) is 5.69 Å². The van der Waals surface area contributed by atoms with Crippen LogP contribution in [0, 0.1) is 0 Å². The first kappa shape index (κ1) is 9.99. The van der Waals surface area contributed by atoms with E-state index in [1.54, 1.807) is 6.08 Å². The van der Waals surface area contributed by atoms with Crippen LogP contribution in [0.1, 0.15) is 12.5 Å². The van der Waals surface area contributed by atoms with E-state index >= 15 is 0 Å². The van der Waals surface area contributed by atoms with Crippen molar-refractivity contribution in [3.63, 3.8) is 0 Å². The van der Waals surface area contributed by atoms with Crippen molar-refractivity contribution in [1.29, 1.82) is 0 Å². The summed E-state index contributed by atoms with van der Waals surface area (Å²) in [6.07, 6.45) is 1.79. The molecule has 0 bridgehead atoms. The Morgan fingerprint density at radius 2 is 2.20 bits per heavy atom. The van der Waals surface area contributed by atoms with Crippen molar-refractivity contribution in [3.8, 4) is 0 Å². The molecular weight excluding hydrogens is 186 g/mol. The zero-order valence-electron chi connectivity index (χ0n) is 8.86. The number of hydrogen-bond donors (Lipinski definition) is 0. The standard InChI is InChI=1S/C13H14NO/c1-3-12-11(9-15-4-2)10-7-5-6-8-13(10)14-12/h3,5-8H,1,4,9H2,2H3. The lowest BCUT2D eigenvalue weighted by molar-refractivity contribution is 0.182. The molecule has 1 aromatic carbocycles. The molecule has 0 unspecified atom stereocenters. The summed E-state index contributed by atoms with van der Waals surface area (Å²) in [7, 11) is 0.